The topological polar surface area (TPSA) is 50.4 Å². The number of rotatable bonds is 11. The van der Waals surface area contributed by atoms with Gasteiger partial charge >= 0.3 is 0 Å². The number of unbranched alkanes of at least 4 members (excludes halogenated alkanes) is 1. The third-order valence-corrected chi connectivity index (χ3v) is 4.94. The maximum atomic E-state index is 12.6. The highest BCUT2D eigenvalue weighted by Gasteiger charge is 2.23. The zero-order valence-electron chi connectivity index (χ0n) is 17.0. The largest absolute Gasteiger partial charge is 0.493 e. The van der Waals surface area contributed by atoms with Crippen LogP contribution in [-0.4, -0.2) is 31.6 Å². The van der Waals surface area contributed by atoms with Gasteiger partial charge in [-0.25, -0.2) is 0 Å². The highest BCUT2D eigenvalue weighted by Crippen LogP contribution is 2.34. The minimum absolute atomic E-state index is 0.0345. The molecule has 0 aromatic heterocycles. The third-order valence-electron chi connectivity index (χ3n) is 4.94. The molecule has 1 aliphatic rings. The fourth-order valence-corrected chi connectivity index (χ4v) is 3.08. The maximum Gasteiger partial charge on any atom is 0.251 e. The van der Waals surface area contributed by atoms with Gasteiger partial charge in [-0.3, -0.25) is 4.79 Å². The molecule has 150 valence electrons. The minimum Gasteiger partial charge on any atom is -0.493 e. The summed E-state index contributed by atoms with van der Waals surface area (Å²) in [7, 11) is 0. The molecular weight excluding hydrogens is 348 g/mol. The summed E-state index contributed by atoms with van der Waals surface area (Å²) in [6.07, 6.45) is 4.51. The minimum atomic E-state index is -0.0345. The fourth-order valence-electron chi connectivity index (χ4n) is 3.08. The summed E-state index contributed by atoms with van der Waals surface area (Å²) in [4.78, 5) is 12.6. The molecule has 0 unspecified atom stereocenters. The Kier molecular flexibility index (Phi) is 7.49. The van der Waals surface area contributed by atoms with Gasteiger partial charge in [0.05, 0.1) is 6.61 Å². The second kappa shape index (κ2) is 10.3. The number of amides is 1. The van der Waals surface area contributed by atoms with Crippen LogP contribution in [0.25, 0.3) is 11.1 Å². The van der Waals surface area contributed by atoms with E-state index in [1.54, 1.807) is 0 Å². The monoisotopic (exact) mass is 380 g/mol. The van der Waals surface area contributed by atoms with Gasteiger partial charge in [0, 0.05) is 23.7 Å². The fraction of sp³-hybridized carbons (Fsp3) is 0.458. The average Bonchev–Trinajstić information content (AvgIpc) is 3.53. The lowest BCUT2D eigenvalue weighted by Crippen LogP contribution is -2.27. The van der Waals surface area contributed by atoms with E-state index in [0.717, 1.165) is 42.9 Å². The van der Waals surface area contributed by atoms with Crippen LogP contribution in [0, 0.1) is 5.92 Å². The molecule has 2 N–H and O–H groups in total. The molecule has 0 aliphatic heterocycles. The molecule has 0 spiro atoms. The molecule has 2 aromatic rings. The van der Waals surface area contributed by atoms with Crippen LogP contribution in [0.5, 0.6) is 5.75 Å². The van der Waals surface area contributed by atoms with Crippen molar-refractivity contribution in [1.29, 1.82) is 0 Å². The van der Waals surface area contributed by atoms with Crippen LogP contribution in [0.4, 0.5) is 0 Å². The van der Waals surface area contributed by atoms with Crippen molar-refractivity contribution in [2.75, 3.05) is 19.7 Å². The number of carbonyl (C=O) groups excluding carboxylic acids is 1. The molecule has 3 rings (SSSR count). The first-order valence-corrected chi connectivity index (χ1v) is 10.5. The van der Waals surface area contributed by atoms with Crippen molar-refractivity contribution >= 4 is 5.91 Å². The Hall–Kier alpha value is -2.33. The summed E-state index contributed by atoms with van der Waals surface area (Å²) in [5.41, 5.74) is 2.81. The van der Waals surface area contributed by atoms with Crippen LogP contribution in [-0.2, 0) is 0 Å². The SMILES string of the molecule is CC(C)NCCCCNC(=O)c1ccc(-c2ccccc2)c(OCC2CC2)c1. The van der Waals surface area contributed by atoms with E-state index in [0.29, 0.717) is 24.1 Å². The lowest BCUT2D eigenvalue weighted by atomic mass is 10.0. The summed E-state index contributed by atoms with van der Waals surface area (Å²) in [6, 6.07) is 16.5. The number of nitrogens with one attached hydrogen (secondary N) is 2. The van der Waals surface area contributed by atoms with Crippen molar-refractivity contribution in [2.24, 2.45) is 5.92 Å². The Morgan fingerprint density at radius 2 is 1.82 bits per heavy atom. The van der Waals surface area contributed by atoms with E-state index < -0.39 is 0 Å². The van der Waals surface area contributed by atoms with Crippen molar-refractivity contribution < 1.29 is 9.53 Å². The quantitative estimate of drug-likeness (QED) is 0.558. The summed E-state index contributed by atoms with van der Waals surface area (Å²) in [6.45, 7) is 6.69. The summed E-state index contributed by atoms with van der Waals surface area (Å²) in [5, 5.41) is 6.42. The number of hydrogen-bond donors (Lipinski definition) is 2. The zero-order chi connectivity index (χ0) is 19.8. The summed E-state index contributed by atoms with van der Waals surface area (Å²) in [5.74, 6) is 1.43. The molecule has 4 heteroatoms. The van der Waals surface area contributed by atoms with E-state index >= 15 is 0 Å². The van der Waals surface area contributed by atoms with Crippen LogP contribution in [0.3, 0.4) is 0 Å². The standard InChI is InChI=1S/C24H32N2O2/c1-18(2)25-14-6-7-15-26-24(27)21-12-13-22(20-8-4-3-5-9-20)23(16-21)28-17-19-10-11-19/h3-5,8-9,12-13,16,18-19,25H,6-7,10-11,14-15,17H2,1-2H3,(H,26,27). The smallest absolute Gasteiger partial charge is 0.251 e. The number of benzene rings is 2. The first kappa shape index (κ1) is 20.4. The van der Waals surface area contributed by atoms with Crippen molar-refractivity contribution in [3.8, 4) is 16.9 Å². The average molecular weight is 381 g/mol. The van der Waals surface area contributed by atoms with Crippen LogP contribution >= 0.6 is 0 Å². The molecule has 2 aromatic carbocycles. The lowest BCUT2D eigenvalue weighted by molar-refractivity contribution is 0.0952. The van der Waals surface area contributed by atoms with Crippen LogP contribution in [0.15, 0.2) is 48.5 Å². The van der Waals surface area contributed by atoms with Gasteiger partial charge in [0.2, 0.25) is 0 Å². The van der Waals surface area contributed by atoms with Gasteiger partial charge in [0.25, 0.3) is 5.91 Å². The molecule has 1 saturated carbocycles. The first-order chi connectivity index (χ1) is 13.6. The maximum absolute atomic E-state index is 12.6. The normalized spacial score (nSPS) is 13.5. The summed E-state index contributed by atoms with van der Waals surface area (Å²) >= 11 is 0. The van der Waals surface area contributed by atoms with Crippen molar-refractivity contribution in [2.45, 2.75) is 45.6 Å². The van der Waals surface area contributed by atoms with E-state index in [1.165, 1.54) is 12.8 Å². The molecule has 4 nitrogen and oxygen atoms in total. The van der Waals surface area contributed by atoms with E-state index in [9.17, 15) is 4.79 Å². The summed E-state index contributed by atoms with van der Waals surface area (Å²) < 4.78 is 6.10. The van der Waals surface area contributed by atoms with Crippen molar-refractivity contribution in [3.05, 3.63) is 54.1 Å². The van der Waals surface area contributed by atoms with Gasteiger partial charge < -0.3 is 15.4 Å². The number of ether oxygens (including phenoxy) is 1. The predicted octanol–water partition coefficient (Wildman–Crippen LogP) is 4.65. The van der Waals surface area contributed by atoms with Gasteiger partial charge in [0.15, 0.2) is 0 Å². The van der Waals surface area contributed by atoms with Gasteiger partial charge in [-0.15, -0.1) is 0 Å². The highest BCUT2D eigenvalue weighted by atomic mass is 16.5. The molecule has 1 fully saturated rings. The molecule has 0 heterocycles. The highest BCUT2D eigenvalue weighted by molar-refractivity contribution is 5.95. The van der Waals surface area contributed by atoms with Crippen LogP contribution in [0.2, 0.25) is 0 Å². The Morgan fingerprint density at radius 3 is 2.54 bits per heavy atom. The van der Waals surface area contributed by atoms with Crippen LogP contribution < -0.4 is 15.4 Å². The van der Waals surface area contributed by atoms with Gasteiger partial charge in [0.1, 0.15) is 5.75 Å². The molecular formula is C24H32N2O2. The number of carbonyl (C=O) groups is 1. The lowest BCUT2D eigenvalue weighted by Gasteiger charge is -2.14. The predicted molar refractivity (Wildman–Crippen MR) is 115 cm³/mol. The van der Waals surface area contributed by atoms with Crippen molar-refractivity contribution in [3.63, 3.8) is 0 Å². The molecule has 0 bridgehead atoms. The van der Waals surface area contributed by atoms with Gasteiger partial charge in [-0.2, -0.15) is 0 Å². The van der Waals surface area contributed by atoms with Crippen LogP contribution in [0.1, 0.15) is 49.9 Å². The number of hydrogen-bond acceptors (Lipinski definition) is 3. The van der Waals surface area contributed by atoms with E-state index in [1.807, 2.05) is 36.4 Å². The molecule has 1 amide bonds. The van der Waals surface area contributed by atoms with Gasteiger partial charge in [-0.1, -0.05) is 44.2 Å². The van der Waals surface area contributed by atoms with E-state index in [-0.39, 0.29) is 5.91 Å². The third kappa shape index (κ3) is 6.38. The Morgan fingerprint density at radius 1 is 1.07 bits per heavy atom. The molecule has 0 atom stereocenters. The van der Waals surface area contributed by atoms with Gasteiger partial charge in [-0.05, 0) is 61.9 Å². The second-order valence-electron chi connectivity index (χ2n) is 7.90. The van der Waals surface area contributed by atoms with E-state index in [2.05, 4.69) is 36.6 Å². The molecule has 0 radical (unpaired) electrons. The Bertz CT molecular complexity index is 754. The molecule has 0 saturated heterocycles. The Labute approximate surface area is 168 Å². The Balaban J connectivity index is 1.60. The van der Waals surface area contributed by atoms with E-state index in [4.69, 9.17) is 4.74 Å². The first-order valence-electron chi connectivity index (χ1n) is 10.5. The molecule has 1 aliphatic carbocycles. The van der Waals surface area contributed by atoms with Crippen molar-refractivity contribution in [1.82, 2.24) is 10.6 Å². The molecule has 28 heavy (non-hydrogen) atoms. The second-order valence-corrected chi connectivity index (χ2v) is 7.90. The zero-order valence-corrected chi connectivity index (χ0v) is 17.0.